The smallest absolute Gasteiger partial charge is 0.166 e. The summed E-state index contributed by atoms with van der Waals surface area (Å²) in [6, 6.07) is 5.81. The fourth-order valence-corrected chi connectivity index (χ4v) is 3.43. The number of imidazole rings is 1. The lowest BCUT2D eigenvalue weighted by molar-refractivity contribution is 0.886. The second kappa shape index (κ2) is 4.01. The number of aromatic amines is 1. The standard InChI is InChI=1S/C12H15N3S/c13-8-5-6-10-11(7-8)15-12(14-10)16-9-3-1-2-4-9/h5-7,9H,1-4,13H2,(H,14,15). The first-order valence-electron chi connectivity index (χ1n) is 5.73. The highest BCUT2D eigenvalue weighted by Gasteiger charge is 2.17. The molecule has 0 saturated heterocycles. The van der Waals surface area contributed by atoms with E-state index in [0.29, 0.717) is 0 Å². The third kappa shape index (κ3) is 1.89. The molecule has 1 aliphatic carbocycles. The number of nitrogens with one attached hydrogen (secondary N) is 1. The van der Waals surface area contributed by atoms with Gasteiger partial charge >= 0.3 is 0 Å². The molecule has 0 bridgehead atoms. The predicted octanol–water partition coefficient (Wildman–Crippen LogP) is 3.18. The topological polar surface area (TPSA) is 54.7 Å². The van der Waals surface area contributed by atoms with Crippen LogP contribution in [0.2, 0.25) is 0 Å². The summed E-state index contributed by atoms with van der Waals surface area (Å²) < 4.78 is 0. The molecule has 0 unspecified atom stereocenters. The number of rotatable bonds is 2. The largest absolute Gasteiger partial charge is 0.399 e. The SMILES string of the molecule is Nc1ccc2nc(SC3CCCC3)[nH]c2c1. The van der Waals surface area contributed by atoms with Crippen LogP contribution in [0.15, 0.2) is 23.4 Å². The predicted molar refractivity (Wildman–Crippen MR) is 68.6 cm³/mol. The fourth-order valence-electron chi connectivity index (χ4n) is 2.22. The number of fused-ring (bicyclic) bond motifs is 1. The van der Waals surface area contributed by atoms with Gasteiger partial charge in [-0.15, -0.1) is 0 Å². The minimum atomic E-state index is 0.748. The average Bonchev–Trinajstić information content (AvgIpc) is 2.86. The molecule has 3 rings (SSSR count). The summed E-state index contributed by atoms with van der Waals surface area (Å²) in [7, 11) is 0. The van der Waals surface area contributed by atoms with Gasteiger partial charge in [-0.2, -0.15) is 0 Å². The Kier molecular flexibility index (Phi) is 2.52. The summed E-state index contributed by atoms with van der Waals surface area (Å²) in [6.07, 6.45) is 5.38. The number of aromatic nitrogens is 2. The summed E-state index contributed by atoms with van der Waals surface area (Å²) in [5.41, 5.74) is 8.58. The van der Waals surface area contributed by atoms with E-state index in [1.165, 1.54) is 25.7 Å². The lowest BCUT2D eigenvalue weighted by atomic mass is 10.3. The first-order valence-corrected chi connectivity index (χ1v) is 6.61. The van der Waals surface area contributed by atoms with Crippen molar-refractivity contribution in [3.05, 3.63) is 18.2 Å². The Morgan fingerprint density at radius 3 is 2.94 bits per heavy atom. The van der Waals surface area contributed by atoms with E-state index >= 15 is 0 Å². The maximum atomic E-state index is 5.74. The molecular weight excluding hydrogens is 218 g/mol. The van der Waals surface area contributed by atoms with Crippen LogP contribution in [0.3, 0.4) is 0 Å². The van der Waals surface area contributed by atoms with Crippen LogP contribution in [-0.4, -0.2) is 15.2 Å². The Morgan fingerprint density at radius 1 is 1.31 bits per heavy atom. The monoisotopic (exact) mass is 233 g/mol. The molecule has 3 nitrogen and oxygen atoms in total. The van der Waals surface area contributed by atoms with Crippen LogP contribution in [0, 0.1) is 0 Å². The highest BCUT2D eigenvalue weighted by atomic mass is 32.2. The van der Waals surface area contributed by atoms with Gasteiger partial charge in [0.15, 0.2) is 5.16 Å². The summed E-state index contributed by atoms with van der Waals surface area (Å²) >= 11 is 1.88. The number of nitrogens with two attached hydrogens (primary N) is 1. The zero-order chi connectivity index (χ0) is 11.0. The number of H-pyrrole nitrogens is 1. The van der Waals surface area contributed by atoms with E-state index in [1.807, 2.05) is 30.0 Å². The van der Waals surface area contributed by atoms with Crippen molar-refractivity contribution in [1.29, 1.82) is 0 Å². The average molecular weight is 233 g/mol. The molecule has 0 aliphatic heterocycles. The summed E-state index contributed by atoms with van der Waals surface area (Å²) in [5.74, 6) is 0. The van der Waals surface area contributed by atoms with Crippen LogP contribution in [0.25, 0.3) is 11.0 Å². The van der Waals surface area contributed by atoms with E-state index in [4.69, 9.17) is 5.73 Å². The van der Waals surface area contributed by atoms with Gasteiger partial charge in [0.2, 0.25) is 0 Å². The Bertz CT molecular complexity index is 500. The molecule has 4 heteroatoms. The molecule has 1 saturated carbocycles. The van der Waals surface area contributed by atoms with Gasteiger partial charge in [0.05, 0.1) is 11.0 Å². The number of nitrogens with zero attached hydrogens (tertiary/aromatic N) is 1. The van der Waals surface area contributed by atoms with Crippen LogP contribution in [0.1, 0.15) is 25.7 Å². The number of benzene rings is 1. The molecule has 1 aromatic carbocycles. The van der Waals surface area contributed by atoms with E-state index in [0.717, 1.165) is 27.1 Å². The minimum Gasteiger partial charge on any atom is -0.399 e. The fraction of sp³-hybridized carbons (Fsp3) is 0.417. The summed E-state index contributed by atoms with van der Waals surface area (Å²) in [5, 5.41) is 1.78. The summed E-state index contributed by atoms with van der Waals surface area (Å²) in [6.45, 7) is 0. The van der Waals surface area contributed by atoms with Crippen molar-refractivity contribution in [3.8, 4) is 0 Å². The molecule has 16 heavy (non-hydrogen) atoms. The van der Waals surface area contributed by atoms with Crippen molar-refractivity contribution in [3.63, 3.8) is 0 Å². The van der Waals surface area contributed by atoms with Crippen LogP contribution in [0.5, 0.6) is 0 Å². The Balaban J connectivity index is 1.86. The van der Waals surface area contributed by atoms with Crippen LogP contribution >= 0.6 is 11.8 Å². The van der Waals surface area contributed by atoms with E-state index < -0.39 is 0 Å². The maximum Gasteiger partial charge on any atom is 0.166 e. The first-order chi connectivity index (χ1) is 7.81. The van der Waals surface area contributed by atoms with E-state index in [2.05, 4.69) is 9.97 Å². The third-order valence-electron chi connectivity index (χ3n) is 3.06. The van der Waals surface area contributed by atoms with Gasteiger partial charge < -0.3 is 10.7 Å². The van der Waals surface area contributed by atoms with Gasteiger partial charge in [0, 0.05) is 10.9 Å². The second-order valence-corrected chi connectivity index (χ2v) is 5.63. The van der Waals surface area contributed by atoms with Gasteiger partial charge in [0.1, 0.15) is 0 Å². The highest BCUT2D eigenvalue weighted by Crippen LogP contribution is 2.34. The van der Waals surface area contributed by atoms with E-state index in [1.54, 1.807) is 0 Å². The molecule has 2 aromatic rings. The van der Waals surface area contributed by atoms with Crippen molar-refractivity contribution >= 4 is 28.5 Å². The quantitative estimate of drug-likeness (QED) is 0.783. The van der Waals surface area contributed by atoms with Gasteiger partial charge in [0.25, 0.3) is 0 Å². The lowest BCUT2D eigenvalue weighted by Crippen LogP contribution is -1.93. The molecular formula is C12H15N3S. The van der Waals surface area contributed by atoms with Gasteiger partial charge in [-0.05, 0) is 31.0 Å². The zero-order valence-corrected chi connectivity index (χ0v) is 9.89. The van der Waals surface area contributed by atoms with Gasteiger partial charge in [-0.25, -0.2) is 4.98 Å². The second-order valence-electron chi connectivity index (χ2n) is 4.34. The minimum absolute atomic E-state index is 0.748. The molecule has 0 atom stereocenters. The molecule has 84 valence electrons. The number of anilines is 1. The Morgan fingerprint density at radius 2 is 2.12 bits per heavy atom. The zero-order valence-electron chi connectivity index (χ0n) is 9.07. The molecule has 1 heterocycles. The van der Waals surface area contributed by atoms with Crippen molar-refractivity contribution in [2.75, 3.05) is 5.73 Å². The van der Waals surface area contributed by atoms with E-state index in [-0.39, 0.29) is 0 Å². The molecule has 0 radical (unpaired) electrons. The van der Waals surface area contributed by atoms with Crippen LogP contribution in [-0.2, 0) is 0 Å². The van der Waals surface area contributed by atoms with E-state index in [9.17, 15) is 0 Å². The van der Waals surface area contributed by atoms with Gasteiger partial charge in [-0.3, -0.25) is 0 Å². The molecule has 1 aliphatic rings. The van der Waals surface area contributed by atoms with Crippen molar-refractivity contribution in [2.24, 2.45) is 0 Å². The Labute approximate surface area is 98.8 Å². The first kappa shape index (κ1) is 10.0. The molecule has 0 spiro atoms. The van der Waals surface area contributed by atoms with Crippen molar-refractivity contribution in [2.45, 2.75) is 36.1 Å². The highest BCUT2D eigenvalue weighted by molar-refractivity contribution is 7.99. The molecule has 0 amide bonds. The number of nitrogen functional groups attached to an aromatic ring is 1. The molecule has 1 fully saturated rings. The van der Waals surface area contributed by atoms with Crippen LogP contribution < -0.4 is 5.73 Å². The third-order valence-corrected chi connectivity index (χ3v) is 4.29. The number of thioether (sulfide) groups is 1. The van der Waals surface area contributed by atoms with Gasteiger partial charge in [-0.1, -0.05) is 24.6 Å². The molecule has 3 N–H and O–H groups in total. The Hall–Kier alpha value is -1.16. The lowest BCUT2D eigenvalue weighted by Gasteiger charge is -2.03. The van der Waals surface area contributed by atoms with Crippen molar-refractivity contribution < 1.29 is 0 Å². The van der Waals surface area contributed by atoms with Crippen LogP contribution in [0.4, 0.5) is 5.69 Å². The normalized spacial score (nSPS) is 17.2. The number of hydrogen-bond donors (Lipinski definition) is 2. The van der Waals surface area contributed by atoms with Crippen molar-refractivity contribution in [1.82, 2.24) is 9.97 Å². The summed E-state index contributed by atoms with van der Waals surface area (Å²) in [4.78, 5) is 7.90. The maximum absolute atomic E-state index is 5.74. The number of hydrogen-bond acceptors (Lipinski definition) is 3. The molecule has 1 aromatic heterocycles.